The Morgan fingerprint density at radius 1 is 1.21 bits per heavy atom. The number of imidazole rings is 1. The maximum atomic E-state index is 14.2. The standard InChI is InChI=1S/C22H23ClFN5/c1-2-20-26-13-19-22(27-18-4-3-9-25-21(18)29(19)20)7-10-28(11-8-22)14-15-12-16(23)5-6-17(15)24/h3-6,9,12-13,27H,2,7-8,10-11,14H2,1H3. The number of piperidine rings is 1. The molecule has 1 N–H and O–H groups in total. The molecular formula is C22H23ClFN5. The molecule has 1 spiro atoms. The lowest BCUT2D eigenvalue weighted by Gasteiger charge is -2.45. The lowest BCUT2D eigenvalue weighted by atomic mass is 9.82. The van der Waals surface area contributed by atoms with Crippen LogP contribution >= 0.6 is 11.6 Å². The Bertz CT molecular complexity index is 1060. The van der Waals surface area contributed by atoms with Crippen LogP contribution in [0.2, 0.25) is 5.02 Å². The second kappa shape index (κ2) is 7.11. The van der Waals surface area contributed by atoms with E-state index in [1.54, 1.807) is 12.1 Å². The van der Waals surface area contributed by atoms with E-state index in [0.717, 1.165) is 49.7 Å². The first kappa shape index (κ1) is 18.6. The molecule has 1 aromatic carbocycles. The minimum atomic E-state index is -0.198. The van der Waals surface area contributed by atoms with Crippen molar-refractivity contribution in [3.05, 3.63) is 70.6 Å². The van der Waals surface area contributed by atoms with Crippen molar-refractivity contribution >= 4 is 17.3 Å². The van der Waals surface area contributed by atoms with Gasteiger partial charge in [-0.25, -0.2) is 14.4 Å². The fraction of sp³-hybridized carbons (Fsp3) is 0.364. The molecule has 0 unspecified atom stereocenters. The summed E-state index contributed by atoms with van der Waals surface area (Å²) in [7, 11) is 0. The predicted molar refractivity (Wildman–Crippen MR) is 112 cm³/mol. The monoisotopic (exact) mass is 411 g/mol. The molecule has 29 heavy (non-hydrogen) atoms. The number of aryl methyl sites for hydroxylation is 1. The number of likely N-dealkylation sites (tertiary alicyclic amines) is 1. The molecule has 0 bridgehead atoms. The lowest BCUT2D eigenvalue weighted by molar-refractivity contribution is 0.160. The molecule has 0 saturated carbocycles. The van der Waals surface area contributed by atoms with E-state index in [1.807, 2.05) is 18.5 Å². The van der Waals surface area contributed by atoms with Crippen LogP contribution in [0.25, 0.3) is 5.82 Å². The van der Waals surface area contributed by atoms with E-state index in [4.69, 9.17) is 11.6 Å². The molecule has 5 rings (SSSR count). The largest absolute Gasteiger partial charge is 0.371 e. The van der Waals surface area contributed by atoms with Crippen LogP contribution in [0.4, 0.5) is 10.1 Å². The van der Waals surface area contributed by atoms with E-state index in [9.17, 15) is 4.39 Å². The molecule has 3 aromatic rings. The van der Waals surface area contributed by atoms with E-state index in [0.29, 0.717) is 17.1 Å². The zero-order valence-corrected chi connectivity index (χ0v) is 17.1. The molecule has 150 valence electrons. The third-order valence-electron chi connectivity index (χ3n) is 6.13. The molecular weight excluding hydrogens is 389 g/mol. The summed E-state index contributed by atoms with van der Waals surface area (Å²) in [5, 5.41) is 4.34. The van der Waals surface area contributed by atoms with E-state index in [1.165, 1.54) is 11.8 Å². The highest BCUT2D eigenvalue weighted by Gasteiger charge is 2.43. The maximum absolute atomic E-state index is 14.2. The molecule has 5 nitrogen and oxygen atoms in total. The molecule has 1 saturated heterocycles. The van der Waals surface area contributed by atoms with Gasteiger partial charge in [-0.05, 0) is 43.2 Å². The zero-order valence-electron chi connectivity index (χ0n) is 16.3. The van der Waals surface area contributed by atoms with Gasteiger partial charge >= 0.3 is 0 Å². The number of aromatic nitrogens is 3. The van der Waals surface area contributed by atoms with Gasteiger partial charge in [-0.1, -0.05) is 18.5 Å². The SMILES string of the molecule is CCc1ncc2n1-c1ncccc1NC21CCN(Cc2cc(Cl)ccc2F)CC1. The van der Waals surface area contributed by atoms with Gasteiger partial charge in [-0.2, -0.15) is 0 Å². The highest BCUT2D eigenvalue weighted by Crippen LogP contribution is 2.43. The first-order valence-corrected chi connectivity index (χ1v) is 10.4. The summed E-state index contributed by atoms with van der Waals surface area (Å²) in [5.74, 6) is 1.76. The van der Waals surface area contributed by atoms with Crippen LogP contribution in [0.15, 0.2) is 42.7 Å². The fourth-order valence-corrected chi connectivity index (χ4v) is 4.78. The van der Waals surface area contributed by atoms with Gasteiger partial charge in [0.2, 0.25) is 0 Å². The second-order valence-electron chi connectivity index (χ2n) is 7.84. The highest BCUT2D eigenvalue weighted by molar-refractivity contribution is 6.30. The lowest BCUT2D eigenvalue weighted by Crippen LogP contribution is -2.49. The van der Waals surface area contributed by atoms with E-state index in [2.05, 4.69) is 37.7 Å². The topological polar surface area (TPSA) is 46.0 Å². The van der Waals surface area contributed by atoms with Gasteiger partial charge in [0.15, 0.2) is 5.82 Å². The Morgan fingerprint density at radius 2 is 2.03 bits per heavy atom. The molecule has 4 heterocycles. The normalized spacial score (nSPS) is 17.6. The fourth-order valence-electron chi connectivity index (χ4n) is 4.59. The highest BCUT2D eigenvalue weighted by atomic mass is 35.5. The van der Waals surface area contributed by atoms with Crippen molar-refractivity contribution in [1.29, 1.82) is 0 Å². The van der Waals surface area contributed by atoms with Crippen LogP contribution in [0.5, 0.6) is 0 Å². The quantitative estimate of drug-likeness (QED) is 0.687. The van der Waals surface area contributed by atoms with Gasteiger partial charge in [-0.3, -0.25) is 9.47 Å². The molecule has 2 aliphatic rings. The summed E-state index contributed by atoms with van der Waals surface area (Å²) in [6.07, 6.45) is 6.50. The Labute approximate surface area is 174 Å². The van der Waals surface area contributed by atoms with E-state index >= 15 is 0 Å². The summed E-state index contributed by atoms with van der Waals surface area (Å²) in [6, 6.07) is 8.81. The molecule has 0 radical (unpaired) electrons. The summed E-state index contributed by atoms with van der Waals surface area (Å²) in [6.45, 7) is 4.41. The summed E-state index contributed by atoms with van der Waals surface area (Å²) >= 11 is 6.06. The Kier molecular flexibility index (Phi) is 4.56. The number of hydrogen-bond donors (Lipinski definition) is 1. The third kappa shape index (κ3) is 3.11. The number of fused-ring (bicyclic) bond motifs is 4. The Morgan fingerprint density at radius 3 is 2.83 bits per heavy atom. The number of anilines is 1. The van der Waals surface area contributed by atoms with Crippen LogP contribution in [-0.2, 0) is 18.5 Å². The molecule has 0 atom stereocenters. The number of benzene rings is 1. The average molecular weight is 412 g/mol. The van der Waals surface area contributed by atoms with Crippen molar-refractivity contribution in [2.24, 2.45) is 0 Å². The van der Waals surface area contributed by atoms with Gasteiger partial charge in [-0.15, -0.1) is 0 Å². The predicted octanol–water partition coefficient (Wildman–Crippen LogP) is 4.54. The number of hydrogen-bond acceptors (Lipinski definition) is 4. The molecule has 7 heteroatoms. The summed E-state index contributed by atoms with van der Waals surface area (Å²) in [5.41, 5.74) is 2.69. The van der Waals surface area contributed by atoms with Crippen LogP contribution < -0.4 is 5.32 Å². The first-order valence-electron chi connectivity index (χ1n) is 10.1. The van der Waals surface area contributed by atoms with Crippen LogP contribution in [0.1, 0.15) is 36.8 Å². The number of pyridine rings is 1. The van der Waals surface area contributed by atoms with Gasteiger partial charge in [0, 0.05) is 42.8 Å². The minimum absolute atomic E-state index is 0.181. The third-order valence-corrected chi connectivity index (χ3v) is 6.36. The second-order valence-corrected chi connectivity index (χ2v) is 8.28. The van der Waals surface area contributed by atoms with Crippen LogP contribution in [0.3, 0.4) is 0 Å². The minimum Gasteiger partial charge on any atom is -0.371 e. The number of halogens is 2. The van der Waals surface area contributed by atoms with E-state index < -0.39 is 0 Å². The van der Waals surface area contributed by atoms with Crippen molar-refractivity contribution in [3.8, 4) is 5.82 Å². The van der Waals surface area contributed by atoms with Crippen molar-refractivity contribution in [2.45, 2.75) is 38.3 Å². The average Bonchev–Trinajstić information content (AvgIpc) is 3.18. The van der Waals surface area contributed by atoms with Gasteiger partial charge in [0.25, 0.3) is 0 Å². The van der Waals surface area contributed by atoms with Crippen molar-refractivity contribution in [1.82, 2.24) is 19.4 Å². The van der Waals surface area contributed by atoms with Crippen molar-refractivity contribution in [3.63, 3.8) is 0 Å². The molecule has 0 amide bonds. The zero-order chi connectivity index (χ0) is 20.0. The summed E-state index contributed by atoms with van der Waals surface area (Å²) < 4.78 is 16.4. The maximum Gasteiger partial charge on any atom is 0.161 e. The van der Waals surface area contributed by atoms with Crippen molar-refractivity contribution < 1.29 is 4.39 Å². The molecule has 0 aliphatic carbocycles. The number of nitrogens with one attached hydrogen (secondary N) is 1. The van der Waals surface area contributed by atoms with Crippen LogP contribution in [0, 0.1) is 5.82 Å². The smallest absolute Gasteiger partial charge is 0.161 e. The molecule has 2 aromatic heterocycles. The molecule has 2 aliphatic heterocycles. The van der Waals surface area contributed by atoms with Gasteiger partial charge in [0.05, 0.1) is 23.1 Å². The van der Waals surface area contributed by atoms with E-state index in [-0.39, 0.29) is 11.4 Å². The Balaban J connectivity index is 1.42. The Hall–Kier alpha value is -2.44. The van der Waals surface area contributed by atoms with Gasteiger partial charge in [0.1, 0.15) is 11.6 Å². The van der Waals surface area contributed by atoms with Crippen molar-refractivity contribution in [2.75, 3.05) is 18.4 Å². The first-order chi connectivity index (χ1) is 14.1. The summed E-state index contributed by atoms with van der Waals surface area (Å²) in [4.78, 5) is 11.6. The number of rotatable bonds is 3. The van der Waals surface area contributed by atoms with Crippen LogP contribution in [-0.4, -0.2) is 32.5 Å². The number of nitrogens with zero attached hydrogens (tertiary/aromatic N) is 4. The molecule has 1 fully saturated rings. The van der Waals surface area contributed by atoms with Gasteiger partial charge < -0.3 is 5.32 Å².